The summed E-state index contributed by atoms with van der Waals surface area (Å²) in [6.07, 6.45) is 4.53. The maximum Gasteiger partial charge on any atom is 0.309 e. The smallest absolute Gasteiger partial charge is 0.309 e. The SMILES string of the molecule is CCOC(=O)C1CC=C(c2ccc(N)c(C)n2)CC1. The van der Waals surface area contributed by atoms with E-state index in [-0.39, 0.29) is 11.9 Å². The number of aromatic nitrogens is 1. The van der Waals surface area contributed by atoms with E-state index in [0.29, 0.717) is 12.3 Å². The van der Waals surface area contributed by atoms with Gasteiger partial charge < -0.3 is 10.5 Å². The van der Waals surface area contributed by atoms with Crippen molar-refractivity contribution in [1.82, 2.24) is 4.98 Å². The Morgan fingerprint density at radius 1 is 1.53 bits per heavy atom. The van der Waals surface area contributed by atoms with Gasteiger partial charge in [0.05, 0.1) is 29.6 Å². The number of aryl methyl sites for hydroxylation is 1. The van der Waals surface area contributed by atoms with E-state index in [1.165, 1.54) is 5.57 Å². The van der Waals surface area contributed by atoms with Crippen LogP contribution in [0.1, 0.15) is 37.6 Å². The van der Waals surface area contributed by atoms with E-state index < -0.39 is 0 Å². The first-order valence-electron chi connectivity index (χ1n) is 6.71. The number of rotatable bonds is 3. The number of pyridine rings is 1. The van der Waals surface area contributed by atoms with Crippen LogP contribution in [0.4, 0.5) is 5.69 Å². The van der Waals surface area contributed by atoms with Crippen LogP contribution in [0.15, 0.2) is 18.2 Å². The van der Waals surface area contributed by atoms with Gasteiger partial charge in [0.1, 0.15) is 0 Å². The summed E-state index contributed by atoms with van der Waals surface area (Å²) in [6, 6.07) is 3.83. The second-order valence-electron chi connectivity index (χ2n) is 4.82. The topological polar surface area (TPSA) is 65.2 Å². The molecule has 1 heterocycles. The van der Waals surface area contributed by atoms with E-state index in [4.69, 9.17) is 10.5 Å². The van der Waals surface area contributed by atoms with E-state index in [1.807, 2.05) is 26.0 Å². The number of nitrogen functional groups attached to an aromatic ring is 1. The van der Waals surface area contributed by atoms with Gasteiger partial charge >= 0.3 is 5.97 Å². The maximum atomic E-state index is 11.7. The number of anilines is 1. The largest absolute Gasteiger partial charge is 0.466 e. The molecule has 4 heteroatoms. The number of hydrogen-bond acceptors (Lipinski definition) is 4. The van der Waals surface area contributed by atoms with Gasteiger partial charge in [0.15, 0.2) is 0 Å². The van der Waals surface area contributed by atoms with Gasteiger partial charge in [0, 0.05) is 0 Å². The van der Waals surface area contributed by atoms with Crippen molar-refractivity contribution in [2.45, 2.75) is 33.1 Å². The van der Waals surface area contributed by atoms with Crippen LogP contribution in [-0.2, 0) is 9.53 Å². The summed E-state index contributed by atoms with van der Waals surface area (Å²) >= 11 is 0. The van der Waals surface area contributed by atoms with Crippen molar-refractivity contribution in [3.63, 3.8) is 0 Å². The Morgan fingerprint density at radius 3 is 2.89 bits per heavy atom. The van der Waals surface area contributed by atoms with Crippen molar-refractivity contribution < 1.29 is 9.53 Å². The van der Waals surface area contributed by atoms with Gasteiger partial charge in [-0.05, 0) is 50.8 Å². The fourth-order valence-electron chi connectivity index (χ4n) is 2.29. The Hall–Kier alpha value is -1.84. The van der Waals surface area contributed by atoms with E-state index in [0.717, 1.165) is 30.7 Å². The van der Waals surface area contributed by atoms with Crippen LogP contribution >= 0.6 is 0 Å². The normalized spacial score (nSPS) is 18.8. The number of allylic oxidation sites excluding steroid dienone is 2. The fraction of sp³-hybridized carbons (Fsp3) is 0.467. The molecule has 1 aromatic heterocycles. The molecule has 1 aliphatic carbocycles. The Balaban J connectivity index is 2.08. The van der Waals surface area contributed by atoms with Crippen LogP contribution < -0.4 is 5.73 Å². The highest BCUT2D eigenvalue weighted by molar-refractivity contribution is 5.75. The zero-order valence-electron chi connectivity index (χ0n) is 11.5. The van der Waals surface area contributed by atoms with Crippen LogP contribution in [0.3, 0.4) is 0 Å². The van der Waals surface area contributed by atoms with Crippen molar-refractivity contribution in [1.29, 1.82) is 0 Å². The molecular formula is C15H20N2O2. The molecule has 1 aromatic rings. The van der Waals surface area contributed by atoms with Gasteiger partial charge in [-0.1, -0.05) is 6.08 Å². The first-order chi connectivity index (χ1) is 9.11. The molecule has 19 heavy (non-hydrogen) atoms. The van der Waals surface area contributed by atoms with Crippen LogP contribution in [0.25, 0.3) is 5.57 Å². The Labute approximate surface area is 113 Å². The first kappa shape index (κ1) is 13.6. The van der Waals surface area contributed by atoms with Crippen LogP contribution in [0.2, 0.25) is 0 Å². The molecule has 0 aliphatic heterocycles. The molecule has 0 aromatic carbocycles. The third kappa shape index (κ3) is 3.13. The van der Waals surface area contributed by atoms with Crippen molar-refractivity contribution in [2.24, 2.45) is 5.92 Å². The predicted octanol–water partition coefficient (Wildman–Crippen LogP) is 2.72. The van der Waals surface area contributed by atoms with E-state index in [1.54, 1.807) is 0 Å². The minimum atomic E-state index is -0.0840. The minimum Gasteiger partial charge on any atom is -0.466 e. The standard InChI is InChI=1S/C15H20N2O2/c1-3-19-15(18)12-6-4-11(5-7-12)14-9-8-13(16)10(2)17-14/h4,8-9,12H,3,5-7,16H2,1-2H3. The second kappa shape index (κ2) is 5.87. The van der Waals surface area contributed by atoms with Crippen molar-refractivity contribution in [3.8, 4) is 0 Å². The summed E-state index contributed by atoms with van der Waals surface area (Å²) in [7, 11) is 0. The number of ether oxygens (including phenoxy) is 1. The molecule has 0 fully saturated rings. The van der Waals surface area contributed by atoms with Crippen LogP contribution in [-0.4, -0.2) is 17.6 Å². The molecule has 2 N–H and O–H groups in total. The maximum absolute atomic E-state index is 11.7. The average molecular weight is 260 g/mol. The highest BCUT2D eigenvalue weighted by Gasteiger charge is 2.23. The summed E-state index contributed by atoms with van der Waals surface area (Å²) < 4.78 is 5.06. The summed E-state index contributed by atoms with van der Waals surface area (Å²) in [5.74, 6) is -0.0853. The van der Waals surface area contributed by atoms with Gasteiger partial charge in [-0.15, -0.1) is 0 Å². The molecule has 0 saturated carbocycles. The number of hydrogen-bond donors (Lipinski definition) is 1. The molecule has 0 saturated heterocycles. The van der Waals surface area contributed by atoms with Crippen molar-refractivity contribution in [3.05, 3.63) is 29.6 Å². The highest BCUT2D eigenvalue weighted by Crippen LogP contribution is 2.30. The lowest BCUT2D eigenvalue weighted by atomic mass is 9.88. The summed E-state index contributed by atoms with van der Waals surface area (Å²) in [5, 5.41) is 0. The second-order valence-corrected chi connectivity index (χ2v) is 4.82. The monoisotopic (exact) mass is 260 g/mol. The van der Waals surface area contributed by atoms with E-state index in [2.05, 4.69) is 11.1 Å². The molecule has 0 amide bonds. The van der Waals surface area contributed by atoms with Gasteiger partial charge in [0.2, 0.25) is 0 Å². The average Bonchev–Trinajstić information content (AvgIpc) is 2.42. The summed E-state index contributed by atoms with van der Waals surface area (Å²) in [5.41, 5.74) is 9.50. The molecule has 1 aliphatic rings. The van der Waals surface area contributed by atoms with Gasteiger partial charge in [0.25, 0.3) is 0 Å². The Bertz CT molecular complexity index is 509. The summed E-state index contributed by atoms with van der Waals surface area (Å²) in [4.78, 5) is 16.1. The lowest BCUT2D eigenvalue weighted by molar-refractivity contribution is -0.148. The van der Waals surface area contributed by atoms with Gasteiger partial charge in [-0.3, -0.25) is 9.78 Å². The van der Waals surface area contributed by atoms with Gasteiger partial charge in [-0.25, -0.2) is 0 Å². The van der Waals surface area contributed by atoms with Crippen molar-refractivity contribution >= 4 is 17.2 Å². The van der Waals surface area contributed by atoms with Gasteiger partial charge in [-0.2, -0.15) is 0 Å². The lowest BCUT2D eigenvalue weighted by Gasteiger charge is -2.20. The number of nitrogens with zero attached hydrogens (tertiary/aromatic N) is 1. The molecule has 2 rings (SSSR count). The molecular weight excluding hydrogens is 240 g/mol. The number of carbonyl (C=O) groups is 1. The molecule has 0 radical (unpaired) electrons. The third-order valence-corrected chi connectivity index (χ3v) is 3.49. The first-order valence-corrected chi connectivity index (χ1v) is 6.71. The lowest BCUT2D eigenvalue weighted by Crippen LogP contribution is -2.19. The van der Waals surface area contributed by atoms with E-state index in [9.17, 15) is 4.79 Å². The van der Waals surface area contributed by atoms with E-state index >= 15 is 0 Å². The molecule has 4 nitrogen and oxygen atoms in total. The number of nitrogens with two attached hydrogens (primary N) is 1. The molecule has 0 spiro atoms. The molecule has 102 valence electrons. The molecule has 1 unspecified atom stereocenters. The number of carbonyl (C=O) groups excluding carboxylic acids is 1. The minimum absolute atomic E-state index is 0.00132. The molecule has 1 atom stereocenters. The predicted molar refractivity (Wildman–Crippen MR) is 75.3 cm³/mol. The number of esters is 1. The third-order valence-electron chi connectivity index (χ3n) is 3.49. The van der Waals surface area contributed by atoms with Crippen LogP contribution in [0.5, 0.6) is 0 Å². The highest BCUT2D eigenvalue weighted by atomic mass is 16.5. The fourth-order valence-corrected chi connectivity index (χ4v) is 2.29. The zero-order chi connectivity index (χ0) is 13.8. The zero-order valence-corrected chi connectivity index (χ0v) is 11.5. The Kier molecular flexibility index (Phi) is 4.20. The molecule has 0 bridgehead atoms. The van der Waals surface area contributed by atoms with Crippen LogP contribution in [0, 0.1) is 12.8 Å². The Morgan fingerprint density at radius 2 is 2.32 bits per heavy atom. The quantitative estimate of drug-likeness (QED) is 0.849. The summed E-state index contributed by atoms with van der Waals surface area (Å²) in [6.45, 7) is 4.19. The van der Waals surface area contributed by atoms with Crippen molar-refractivity contribution in [2.75, 3.05) is 12.3 Å².